The Bertz CT molecular complexity index is 585. The average molecular weight is 232 g/mol. The second-order valence-electron chi connectivity index (χ2n) is 3.62. The molecule has 1 amide bonds. The van der Waals surface area contributed by atoms with Gasteiger partial charge in [-0.3, -0.25) is 14.7 Å². The summed E-state index contributed by atoms with van der Waals surface area (Å²) in [6, 6.07) is 3.09. The maximum absolute atomic E-state index is 11.7. The Morgan fingerprint density at radius 2 is 2.35 bits per heavy atom. The first-order valence-corrected chi connectivity index (χ1v) is 5.13. The number of aromatic amines is 2. The molecule has 0 unspecified atom stereocenters. The first-order chi connectivity index (χ1) is 8.18. The number of carbonyl (C=O) groups excluding carboxylic acids is 1. The third kappa shape index (κ3) is 2.41. The monoisotopic (exact) mass is 232 g/mol. The highest BCUT2D eigenvalue weighted by Gasteiger charge is 2.09. The summed E-state index contributed by atoms with van der Waals surface area (Å²) in [5.74, 6) is -0.396. The van der Waals surface area contributed by atoms with E-state index in [4.69, 9.17) is 0 Å². The van der Waals surface area contributed by atoms with Crippen molar-refractivity contribution < 1.29 is 4.79 Å². The van der Waals surface area contributed by atoms with E-state index in [-0.39, 0.29) is 5.56 Å². The van der Waals surface area contributed by atoms with Crippen molar-refractivity contribution in [3.8, 4) is 0 Å². The number of hydrogen-bond donors (Lipinski definition) is 3. The average Bonchev–Trinajstić information content (AvgIpc) is 2.72. The van der Waals surface area contributed by atoms with Gasteiger partial charge in [0.25, 0.3) is 11.5 Å². The molecule has 0 atom stereocenters. The summed E-state index contributed by atoms with van der Waals surface area (Å²) in [7, 11) is 0. The lowest BCUT2D eigenvalue weighted by Gasteiger charge is -2.03. The van der Waals surface area contributed by atoms with E-state index in [0.29, 0.717) is 6.54 Å². The quantitative estimate of drug-likeness (QED) is 0.712. The molecule has 0 bridgehead atoms. The lowest BCUT2D eigenvalue weighted by atomic mass is 10.2. The van der Waals surface area contributed by atoms with Crippen LogP contribution in [-0.2, 0) is 6.54 Å². The van der Waals surface area contributed by atoms with Gasteiger partial charge in [-0.1, -0.05) is 0 Å². The van der Waals surface area contributed by atoms with Gasteiger partial charge in [0.05, 0.1) is 6.20 Å². The summed E-state index contributed by atoms with van der Waals surface area (Å²) in [5, 5.41) is 9.28. The minimum absolute atomic E-state index is 0.105. The topological polar surface area (TPSA) is 90.6 Å². The Kier molecular flexibility index (Phi) is 3.04. The van der Waals surface area contributed by atoms with Gasteiger partial charge in [0, 0.05) is 24.0 Å². The van der Waals surface area contributed by atoms with E-state index in [0.717, 1.165) is 11.3 Å². The minimum atomic E-state index is -0.396. The molecule has 6 heteroatoms. The predicted molar refractivity (Wildman–Crippen MR) is 61.6 cm³/mol. The van der Waals surface area contributed by atoms with Gasteiger partial charge in [0.15, 0.2) is 0 Å². The van der Waals surface area contributed by atoms with Gasteiger partial charge in [0.2, 0.25) is 0 Å². The molecule has 0 aromatic carbocycles. The van der Waals surface area contributed by atoms with Crippen molar-refractivity contribution >= 4 is 5.91 Å². The summed E-state index contributed by atoms with van der Waals surface area (Å²) < 4.78 is 0. The number of carbonyl (C=O) groups is 1. The van der Waals surface area contributed by atoms with Crippen LogP contribution in [0, 0.1) is 6.92 Å². The second kappa shape index (κ2) is 4.65. The van der Waals surface area contributed by atoms with Gasteiger partial charge in [-0.25, -0.2) is 0 Å². The molecule has 0 spiro atoms. The number of nitrogens with one attached hydrogen (secondary N) is 3. The number of nitrogens with zero attached hydrogens (tertiary/aromatic N) is 1. The standard InChI is InChI=1S/C11H12N4O2/c1-7-8(6-14-15-7)5-13-11(17)9-3-2-4-12-10(9)16/h2-4,6H,5H2,1H3,(H,12,16)(H,13,17)(H,14,15). The van der Waals surface area contributed by atoms with Crippen molar-refractivity contribution in [1.29, 1.82) is 0 Å². The van der Waals surface area contributed by atoms with E-state index >= 15 is 0 Å². The van der Waals surface area contributed by atoms with Crippen LogP contribution in [0.1, 0.15) is 21.6 Å². The summed E-state index contributed by atoms with van der Waals surface area (Å²) in [5.41, 5.74) is 1.50. The Morgan fingerprint density at radius 3 is 3.00 bits per heavy atom. The molecule has 2 heterocycles. The molecule has 2 rings (SSSR count). The molecule has 0 saturated heterocycles. The SMILES string of the molecule is Cc1[nH]ncc1CNC(=O)c1ccc[nH]c1=O. The van der Waals surface area contributed by atoms with Crippen molar-refractivity contribution in [3.63, 3.8) is 0 Å². The number of H-pyrrole nitrogens is 2. The molecular formula is C11H12N4O2. The number of pyridine rings is 1. The lowest BCUT2D eigenvalue weighted by molar-refractivity contribution is 0.0949. The van der Waals surface area contributed by atoms with Gasteiger partial charge in [-0.15, -0.1) is 0 Å². The van der Waals surface area contributed by atoms with Gasteiger partial charge in [0.1, 0.15) is 5.56 Å². The van der Waals surface area contributed by atoms with Crippen LogP contribution in [-0.4, -0.2) is 21.1 Å². The van der Waals surface area contributed by atoms with E-state index in [1.165, 1.54) is 12.3 Å². The highest BCUT2D eigenvalue weighted by Crippen LogP contribution is 2.01. The van der Waals surface area contributed by atoms with Crippen LogP contribution in [0.3, 0.4) is 0 Å². The number of hydrogen-bond acceptors (Lipinski definition) is 3. The number of aromatic nitrogens is 3. The van der Waals surface area contributed by atoms with Crippen molar-refractivity contribution in [3.05, 3.63) is 51.7 Å². The molecule has 6 nitrogen and oxygen atoms in total. The number of amides is 1. The van der Waals surface area contributed by atoms with Crippen LogP contribution in [0.15, 0.2) is 29.3 Å². The molecule has 0 saturated carbocycles. The fraction of sp³-hybridized carbons (Fsp3) is 0.182. The van der Waals surface area contributed by atoms with Crippen LogP contribution >= 0.6 is 0 Å². The zero-order valence-electron chi connectivity index (χ0n) is 9.28. The van der Waals surface area contributed by atoms with Gasteiger partial charge < -0.3 is 10.3 Å². The highest BCUT2D eigenvalue weighted by atomic mass is 16.2. The largest absolute Gasteiger partial charge is 0.348 e. The molecule has 0 fully saturated rings. The van der Waals surface area contributed by atoms with Crippen molar-refractivity contribution in [2.75, 3.05) is 0 Å². The highest BCUT2D eigenvalue weighted by molar-refractivity contribution is 5.93. The lowest BCUT2D eigenvalue weighted by Crippen LogP contribution is -2.28. The maximum atomic E-state index is 11.7. The molecule has 17 heavy (non-hydrogen) atoms. The molecule has 0 aliphatic carbocycles. The minimum Gasteiger partial charge on any atom is -0.348 e. The van der Waals surface area contributed by atoms with Gasteiger partial charge in [-0.2, -0.15) is 5.10 Å². The van der Waals surface area contributed by atoms with Crippen LogP contribution in [0.5, 0.6) is 0 Å². The van der Waals surface area contributed by atoms with Crippen LogP contribution < -0.4 is 10.9 Å². The summed E-state index contributed by atoms with van der Waals surface area (Å²) in [6.45, 7) is 2.21. The Hall–Kier alpha value is -2.37. The fourth-order valence-corrected chi connectivity index (χ4v) is 1.42. The van der Waals surface area contributed by atoms with Crippen LogP contribution in [0.2, 0.25) is 0 Å². The van der Waals surface area contributed by atoms with E-state index in [1.807, 2.05) is 6.92 Å². The molecular weight excluding hydrogens is 220 g/mol. The van der Waals surface area contributed by atoms with Crippen molar-refractivity contribution in [2.45, 2.75) is 13.5 Å². The molecule has 0 aliphatic rings. The molecule has 0 radical (unpaired) electrons. The summed E-state index contributed by atoms with van der Waals surface area (Å²) in [4.78, 5) is 25.5. The second-order valence-corrected chi connectivity index (χ2v) is 3.62. The number of aryl methyl sites for hydroxylation is 1. The zero-order valence-corrected chi connectivity index (χ0v) is 9.28. The molecule has 0 aliphatic heterocycles. The van der Waals surface area contributed by atoms with Crippen molar-refractivity contribution in [2.24, 2.45) is 0 Å². The fourth-order valence-electron chi connectivity index (χ4n) is 1.42. The Balaban J connectivity index is 2.06. The zero-order chi connectivity index (χ0) is 12.3. The third-order valence-electron chi connectivity index (χ3n) is 2.44. The normalized spacial score (nSPS) is 10.2. The van der Waals surface area contributed by atoms with Gasteiger partial charge >= 0.3 is 0 Å². The Morgan fingerprint density at radius 1 is 1.53 bits per heavy atom. The molecule has 88 valence electrons. The first-order valence-electron chi connectivity index (χ1n) is 5.13. The van der Waals surface area contributed by atoms with Crippen LogP contribution in [0.25, 0.3) is 0 Å². The van der Waals surface area contributed by atoms with Gasteiger partial charge in [-0.05, 0) is 19.1 Å². The molecule has 2 aromatic rings. The predicted octanol–water partition coefficient (Wildman–Crippen LogP) is 0.336. The van der Waals surface area contributed by atoms with Crippen molar-refractivity contribution in [1.82, 2.24) is 20.5 Å². The maximum Gasteiger partial charge on any atom is 0.260 e. The molecule has 3 N–H and O–H groups in total. The molecule has 2 aromatic heterocycles. The van der Waals surface area contributed by atoms with Crippen LogP contribution in [0.4, 0.5) is 0 Å². The summed E-state index contributed by atoms with van der Waals surface area (Å²) >= 11 is 0. The van der Waals surface area contributed by atoms with E-state index in [2.05, 4.69) is 20.5 Å². The van der Waals surface area contributed by atoms with E-state index in [1.54, 1.807) is 12.3 Å². The third-order valence-corrected chi connectivity index (χ3v) is 2.44. The van der Waals surface area contributed by atoms with E-state index < -0.39 is 11.5 Å². The Labute approximate surface area is 97.1 Å². The summed E-state index contributed by atoms with van der Waals surface area (Å²) in [6.07, 6.45) is 3.13. The smallest absolute Gasteiger partial charge is 0.260 e. The number of rotatable bonds is 3. The first kappa shape index (κ1) is 11.1. The van der Waals surface area contributed by atoms with E-state index in [9.17, 15) is 9.59 Å².